The molecule has 1 aliphatic carbocycles. The molecular weight excluding hydrogens is 358 g/mol. The van der Waals surface area contributed by atoms with E-state index in [4.69, 9.17) is 4.52 Å². The number of hydrogen-bond donors (Lipinski definition) is 0. The summed E-state index contributed by atoms with van der Waals surface area (Å²) in [6.45, 7) is 2.41. The highest BCUT2D eigenvalue weighted by molar-refractivity contribution is 7.12. The first-order chi connectivity index (χ1) is 13.2. The van der Waals surface area contributed by atoms with Crippen molar-refractivity contribution in [1.29, 1.82) is 0 Å². The summed E-state index contributed by atoms with van der Waals surface area (Å²) in [5.41, 5.74) is 2.11. The first-order valence-corrected chi connectivity index (χ1v) is 10.3. The lowest BCUT2D eigenvalue weighted by Crippen LogP contribution is -2.40. The van der Waals surface area contributed by atoms with Gasteiger partial charge in [0.2, 0.25) is 11.7 Å². The van der Waals surface area contributed by atoms with Gasteiger partial charge >= 0.3 is 0 Å². The van der Waals surface area contributed by atoms with Crippen molar-refractivity contribution < 1.29 is 9.32 Å². The predicted molar refractivity (Wildman–Crippen MR) is 106 cm³/mol. The molecule has 140 valence electrons. The smallest absolute Gasteiger partial charge is 0.264 e. The van der Waals surface area contributed by atoms with Crippen molar-refractivity contribution in [3.8, 4) is 11.4 Å². The number of amides is 1. The second-order valence-electron chi connectivity index (χ2n) is 7.08. The van der Waals surface area contributed by atoms with Crippen LogP contribution in [0.3, 0.4) is 0 Å². The molecule has 4 rings (SSSR count). The number of nitrogens with zero attached hydrogens (tertiary/aromatic N) is 3. The van der Waals surface area contributed by atoms with Crippen LogP contribution in [0, 0.1) is 6.92 Å². The first-order valence-electron chi connectivity index (χ1n) is 9.45. The molecule has 0 unspecified atom stereocenters. The SMILES string of the molecule is Cc1ccc(-c2noc(CN(C(=O)c3cccs3)C3CCCCC3)n2)cc1. The van der Waals surface area contributed by atoms with Crippen LogP contribution in [0.15, 0.2) is 46.3 Å². The number of hydrogen-bond acceptors (Lipinski definition) is 5. The fourth-order valence-electron chi connectivity index (χ4n) is 3.59. The average Bonchev–Trinajstić information content (AvgIpc) is 3.39. The quantitative estimate of drug-likeness (QED) is 0.618. The molecule has 1 amide bonds. The Morgan fingerprint density at radius 1 is 1.19 bits per heavy atom. The van der Waals surface area contributed by atoms with Crippen LogP contribution < -0.4 is 0 Å². The number of aromatic nitrogens is 2. The molecule has 0 saturated heterocycles. The number of aryl methyl sites for hydroxylation is 1. The molecule has 0 bridgehead atoms. The van der Waals surface area contributed by atoms with Crippen molar-refractivity contribution in [2.45, 2.75) is 51.6 Å². The third kappa shape index (κ3) is 4.11. The summed E-state index contributed by atoms with van der Waals surface area (Å²) in [5.74, 6) is 1.12. The van der Waals surface area contributed by atoms with Gasteiger partial charge in [0, 0.05) is 11.6 Å². The summed E-state index contributed by atoms with van der Waals surface area (Å²) in [6, 6.07) is 12.1. The van der Waals surface area contributed by atoms with Crippen molar-refractivity contribution >= 4 is 17.2 Å². The monoisotopic (exact) mass is 381 g/mol. The molecule has 0 spiro atoms. The van der Waals surface area contributed by atoms with Gasteiger partial charge in [-0.1, -0.05) is 60.3 Å². The summed E-state index contributed by atoms with van der Waals surface area (Å²) < 4.78 is 5.49. The Morgan fingerprint density at radius 2 is 1.96 bits per heavy atom. The molecule has 0 aliphatic heterocycles. The van der Waals surface area contributed by atoms with Crippen LogP contribution >= 0.6 is 11.3 Å². The Balaban J connectivity index is 1.56. The maximum Gasteiger partial charge on any atom is 0.264 e. The number of rotatable bonds is 5. The van der Waals surface area contributed by atoms with Gasteiger partial charge in [-0.3, -0.25) is 4.79 Å². The minimum absolute atomic E-state index is 0.0620. The van der Waals surface area contributed by atoms with Gasteiger partial charge in [0.15, 0.2) is 0 Å². The lowest BCUT2D eigenvalue weighted by atomic mass is 9.94. The van der Waals surface area contributed by atoms with Crippen molar-refractivity contribution in [3.63, 3.8) is 0 Å². The summed E-state index contributed by atoms with van der Waals surface area (Å²) in [7, 11) is 0. The third-order valence-electron chi connectivity index (χ3n) is 5.09. The fraction of sp³-hybridized carbons (Fsp3) is 0.381. The normalized spacial score (nSPS) is 15.0. The van der Waals surface area contributed by atoms with Crippen molar-refractivity contribution in [2.75, 3.05) is 0 Å². The van der Waals surface area contributed by atoms with Gasteiger partial charge in [-0.15, -0.1) is 11.3 Å². The van der Waals surface area contributed by atoms with E-state index in [1.54, 1.807) is 0 Å². The van der Waals surface area contributed by atoms with Gasteiger partial charge in [-0.25, -0.2) is 0 Å². The zero-order chi connectivity index (χ0) is 18.6. The average molecular weight is 382 g/mol. The Morgan fingerprint density at radius 3 is 2.67 bits per heavy atom. The Labute approximate surface area is 163 Å². The van der Waals surface area contributed by atoms with E-state index >= 15 is 0 Å². The van der Waals surface area contributed by atoms with Crippen molar-refractivity contribution in [1.82, 2.24) is 15.0 Å². The molecule has 3 aromatic rings. The standard InChI is InChI=1S/C21H23N3O2S/c1-15-9-11-16(12-10-15)20-22-19(26-23-20)14-24(17-6-3-2-4-7-17)21(25)18-8-5-13-27-18/h5,8-13,17H,2-4,6-7,14H2,1H3. The van der Waals surface area contributed by atoms with Crippen LogP contribution in [0.2, 0.25) is 0 Å². The minimum Gasteiger partial charge on any atom is -0.337 e. The molecule has 0 radical (unpaired) electrons. The van der Waals surface area contributed by atoms with Crippen molar-refractivity contribution in [2.24, 2.45) is 0 Å². The van der Waals surface area contributed by atoms with Gasteiger partial charge in [0.05, 0.1) is 4.88 Å². The number of carbonyl (C=O) groups is 1. The lowest BCUT2D eigenvalue weighted by Gasteiger charge is -2.33. The van der Waals surface area contributed by atoms with Gasteiger partial charge in [-0.2, -0.15) is 4.98 Å². The van der Waals surface area contributed by atoms with Crippen LogP contribution in [0.4, 0.5) is 0 Å². The van der Waals surface area contributed by atoms with Crippen LogP contribution in [0.5, 0.6) is 0 Å². The molecule has 5 nitrogen and oxygen atoms in total. The maximum absolute atomic E-state index is 13.1. The maximum atomic E-state index is 13.1. The van der Waals surface area contributed by atoms with E-state index in [1.807, 2.05) is 53.6 Å². The van der Waals surface area contributed by atoms with E-state index in [9.17, 15) is 4.79 Å². The highest BCUT2D eigenvalue weighted by Crippen LogP contribution is 2.27. The molecule has 27 heavy (non-hydrogen) atoms. The molecule has 1 aromatic carbocycles. The van der Waals surface area contributed by atoms with E-state index in [2.05, 4.69) is 10.1 Å². The summed E-state index contributed by atoms with van der Waals surface area (Å²) in [4.78, 5) is 20.3. The predicted octanol–water partition coefficient (Wildman–Crippen LogP) is 5.08. The molecule has 2 aromatic heterocycles. The van der Waals surface area contributed by atoms with Gasteiger partial charge in [0.25, 0.3) is 5.91 Å². The molecule has 1 aliphatic rings. The molecular formula is C21H23N3O2S. The van der Waals surface area contributed by atoms with Gasteiger partial charge in [0.1, 0.15) is 6.54 Å². The molecule has 0 N–H and O–H groups in total. The highest BCUT2D eigenvalue weighted by Gasteiger charge is 2.28. The minimum atomic E-state index is 0.0620. The highest BCUT2D eigenvalue weighted by atomic mass is 32.1. The number of benzene rings is 1. The van der Waals surface area contributed by atoms with E-state index in [1.165, 1.54) is 23.3 Å². The zero-order valence-electron chi connectivity index (χ0n) is 15.4. The molecule has 6 heteroatoms. The second-order valence-corrected chi connectivity index (χ2v) is 8.03. The molecule has 2 heterocycles. The van der Waals surface area contributed by atoms with Gasteiger partial charge < -0.3 is 9.42 Å². The Bertz CT molecular complexity index is 881. The zero-order valence-corrected chi connectivity index (χ0v) is 16.2. The fourth-order valence-corrected chi connectivity index (χ4v) is 4.26. The summed E-state index contributed by atoms with van der Waals surface area (Å²) in [5, 5.41) is 6.05. The van der Waals surface area contributed by atoms with E-state index in [0.717, 1.165) is 36.1 Å². The molecule has 0 atom stereocenters. The Hall–Kier alpha value is -2.47. The largest absolute Gasteiger partial charge is 0.337 e. The van der Waals surface area contributed by atoms with Gasteiger partial charge in [-0.05, 0) is 31.2 Å². The van der Waals surface area contributed by atoms with Crippen LogP contribution in [0.1, 0.15) is 53.2 Å². The summed E-state index contributed by atoms with van der Waals surface area (Å²) in [6.07, 6.45) is 5.65. The molecule has 1 fully saturated rings. The molecule has 1 saturated carbocycles. The van der Waals surface area contributed by atoms with Crippen LogP contribution in [0.25, 0.3) is 11.4 Å². The van der Waals surface area contributed by atoms with E-state index < -0.39 is 0 Å². The van der Waals surface area contributed by atoms with Crippen LogP contribution in [-0.4, -0.2) is 27.0 Å². The Kier molecular flexibility index (Phi) is 5.34. The second kappa shape index (κ2) is 8.05. The summed E-state index contributed by atoms with van der Waals surface area (Å²) >= 11 is 1.48. The van der Waals surface area contributed by atoms with E-state index in [-0.39, 0.29) is 11.9 Å². The topological polar surface area (TPSA) is 59.2 Å². The van der Waals surface area contributed by atoms with E-state index in [0.29, 0.717) is 18.3 Å². The number of thiophene rings is 1. The van der Waals surface area contributed by atoms with Crippen LogP contribution in [-0.2, 0) is 6.54 Å². The first kappa shape index (κ1) is 17.9. The lowest BCUT2D eigenvalue weighted by molar-refractivity contribution is 0.0591. The third-order valence-corrected chi connectivity index (χ3v) is 5.95. The number of carbonyl (C=O) groups excluding carboxylic acids is 1. The van der Waals surface area contributed by atoms with Crippen molar-refractivity contribution in [3.05, 3.63) is 58.1 Å².